The maximum Gasteiger partial charge on any atom is 0.143 e. The summed E-state index contributed by atoms with van der Waals surface area (Å²) in [6.07, 6.45) is 1.95. The van der Waals surface area contributed by atoms with Crippen LogP contribution in [0.4, 0.5) is 10.1 Å². The minimum absolute atomic E-state index is 0.0902. The normalized spacial score (nSPS) is 20.4. The predicted octanol–water partition coefficient (Wildman–Crippen LogP) is 4.71. The van der Waals surface area contributed by atoms with E-state index in [1.165, 1.54) is 11.6 Å². The molecule has 1 saturated carbocycles. The average Bonchev–Trinajstić information content (AvgIpc) is 2.44. The Balaban J connectivity index is 1.64. The molecule has 0 aromatic heterocycles. The molecule has 0 bridgehead atoms. The van der Waals surface area contributed by atoms with Gasteiger partial charge in [-0.2, -0.15) is 5.26 Å². The van der Waals surface area contributed by atoms with Gasteiger partial charge in [0, 0.05) is 11.1 Å². The summed E-state index contributed by atoms with van der Waals surface area (Å²) < 4.78 is 13.5. The van der Waals surface area contributed by atoms with Crippen LogP contribution in [0, 0.1) is 17.1 Å². The predicted molar refractivity (Wildman–Crippen MR) is 82.0 cm³/mol. The molecular weight excluding hydrogens is 287 g/mol. The Hall–Kier alpha value is -2.05. The summed E-state index contributed by atoms with van der Waals surface area (Å²) in [5.74, 6) is 0.0231. The van der Waals surface area contributed by atoms with E-state index in [-0.39, 0.29) is 11.6 Å². The van der Waals surface area contributed by atoms with Gasteiger partial charge in [0.1, 0.15) is 17.4 Å². The number of hydrogen-bond acceptors (Lipinski definition) is 2. The zero-order valence-corrected chi connectivity index (χ0v) is 12.1. The monoisotopic (exact) mass is 300 g/mol. The van der Waals surface area contributed by atoms with Crippen molar-refractivity contribution in [2.75, 3.05) is 5.32 Å². The van der Waals surface area contributed by atoms with Crippen molar-refractivity contribution < 1.29 is 4.39 Å². The standard InChI is InChI=1S/C17H14ClFN2/c18-13-6-4-11(5-7-13)12-8-14(9-12)21-17-3-1-2-16(19)15(17)10-20/h1-7,12,14,21H,8-9H2. The number of hydrogen-bond donors (Lipinski definition) is 1. The Morgan fingerprint density at radius 2 is 1.86 bits per heavy atom. The number of nitrogens with zero attached hydrogens (tertiary/aromatic N) is 1. The Bertz CT molecular complexity index is 685. The van der Waals surface area contributed by atoms with Crippen LogP contribution in [0.1, 0.15) is 29.9 Å². The molecular formula is C17H14ClFN2. The SMILES string of the molecule is N#Cc1c(F)cccc1NC1CC(c2ccc(Cl)cc2)C1. The third-order valence-corrected chi connectivity index (χ3v) is 4.22. The quantitative estimate of drug-likeness (QED) is 0.891. The molecule has 0 radical (unpaired) electrons. The molecule has 1 fully saturated rings. The van der Waals surface area contributed by atoms with Crippen molar-refractivity contribution >= 4 is 17.3 Å². The summed E-state index contributed by atoms with van der Waals surface area (Å²) in [6, 6.07) is 14.8. The van der Waals surface area contributed by atoms with E-state index in [2.05, 4.69) is 5.32 Å². The van der Waals surface area contributed by atoms with Crippen molar-refractivity contribution in [1.29, 1.82) is 5.26 Å². The lowest BCUT2D eigenvalue weighted by atomic mass is 9.76. The van der Waals surface area contributed by atoms with E-state index in [0.29, 0.717) is 11.6 Å². The lowest BCUT2D eigenvalue weighted by Crippen LogP contribution is -2.34. The van der Waals surface area contributed by atoms with Crippen LogP contribution in [0.25, 0.3) is 0 Å². The van der Waals surface area contributed by atoms with Crippen LogP contribution in [-0.4, -0.2) is 6.04 Å². The third-order valence-electron chi connectivity index (χ3n) is 3.96. The second-order valence-electron chi connectivity index (χ2n) is 5.34. The van der Waals surface area contributed by atoms with E-state index in [9.17, 15) is 4.39 Å². The van der Waals surface area contributed by atoms with Gasteiger partial charge in [0.25, 0.3) is 0 Å². The van der Waals surface area contributed by atoms with Gasteiger partial charge in [0.2, 0.25) is 0 Å². The van der Waals surface area contributed by atoms with Crippen molar-refractivity contribution in [3.8, 4) is 6.07 Å². The first-order chi connectivity index (χ1) is 10.2. The van der Waals surface area contributed by atoms with Gasteiger partial charge in [-0.15, -0.1) is 0 Å². The van der Waals surface area contributed by atoms with Crippen LogP contribution >= 0.6 is 11.6 Å². The van der Waals surface area contributed by atoms with Gasteiger partial charge in [-0.25, -0.2) is 4.39 Å². The van der Waals surface area contributed by atoms with Gasteiger partial charge in [0.15, 0.2) is 0 Å². The summed E-state index contributed by atoms with van der Waals surface area (Å²) in [4.78, 5) is 0. The molecule has 1 aliphatic rings. The minimum Gasteiger partial charge on any atom is -0.381 e. The number of halogens is 2. The zero-order chi connectivity index (χ0) is 14.8. The maximum atomic E-state index is 13.5. The Kier molecular flexibility index (Phi) is 3.81. The Morgan fingerprint density at radius 3 is 2.52 bits per heavy atom. The van der Waals surface area contributed by atoms with E-state index in [1.807, 2.05) is 30.3 Å². The van der Waals surface area contributed by atoms with E-state index in [4.69, 9.17) is 16.9 Å². The summed E-state index contributed by atoms with van der Waals surface area (Å²) >= 11 is 5.88. The maximum absolute atomic E-state index is 13.5. The molecule has 2 nitrogen and oxygen atoms in total. The van der Waals surface area contributed by atoms with Crippen LogP contribution in [0.2, 0.25) is 5.02 Å². The summed E-state index contributed by atoms with van der Waals surface area (Å²) in [7, 11) is 0. The highest BCUT2D eigenvalue weighted by Crippen LogP contribution is 2.39. The molecule has 2 aromatic rings. The highest BCUT2D eigenvalue weighted by atomic mass is 35.5. The fourth-order valence-electron chi connectivity index (χ4n) is 2.72. The number of nitrogens with one attached hydrogen (secondary N) is 1. The number of nitriles is 1. The second kappa shape index (κ2) is 5.75. The van der Waals surface area contributed by atoms with Gasteiger partial charge >= 0.3 is 0 Å². The lowest BCUT2D eigenvalue weighted by Gasteiger charge is -2.37. The fraction of sp³-hybridized carbons (Fsp3) is 0.235. The van der Waals surface area contributed by atoms with Crippen molar-refractivity contribution in [3.05, 3.63) is 64.4 Å². The molecule has 1 N–H and O–H groups in total. The minimum atomic E-state index is -0.476. The largest absolute Gasteiger partial charge is 0.381 e. The first-order valence-corrected chi connectivity index (χ1v) is 7.26. The van der Waals surface area contributed by atoms with E-state index >= 15 is 0 Å². The molecule has 0 aliphatic heterocycles. The van der Waals surface area contributed by atoms with Crippen LogP contribution in [0.15, 0.2) is 42.5 Å². The van der Waals surface area contributed by atoms with Crippen LogP contribution in [0.3, 0.4) is 0 Å². The molecule has 0 unspecified atom stereocenters. The number of anilines is 1. The fourth-order valence-corrected chi connectivity index (χ4v) is 2.85. The molecule has 0 amide bonds. The van der Waals surface area contributed by atoms with E-state index in [1.54, 1.807) is 12.1 Å². The Morgan fingerprint density at radius 1 is 1.14 bits per heavy atom. The second-order valence-corrected chi connectivity index (χ2v) is 5.77. The molecule has 0 atom stereocenters. The average molecular weight is 301 g/mol. The zero-order valence-electron chi connectivity index (χ0n) is 11.3. The van der Waals surface area contributed by atoms with Gasteiger partial charge < -0.3 is 5.32 Å². The third kappa shape index (κ3) is 2.86. The van der Waals surface area contributed by atoms with Crippen molar-refractivity contribution in [3.63, 3.8) is 0 Å². The van der Waals surface area contributed by atoms with E-state index < -0.39 is 5.82 Å². The van der Waals surface area contributed by atoms with Gasteiger partial charge in [-0.1, -0.05) is 29.8 Å². The van der Waals surface area contributed by atoms with Crippen molar-refractivity contribution in [1.82, 2.24) is 0 Å². The van der Waals surface area contributed by atoms with Crippen molar-refractivity contribution in [2.45, 2.75) is 24.8 Å². The lowest BCUT2D eigenvalue weighted by molar-refractivity contribution is 0.374. The molecule has 0 heterocycles. The highest BCUT2D eigenvalue weighted by molar-refractivity contribution is 6.30. The topological polar surface area (TPSA) is 35.8 Å². The molecule has 106 valence electrons. The molecule has 4 heteroatoms. The molecule has 0 spiro atoms. The Labute approximate surface area is 128 Å². The van der Waals surface area contributed by atoms with Gasteiger partial charge in [0.05, 0.1) is 5.69 Å². The number of rotatable bonds is 3. The van der Waals surface area contributed by atoms with Gasteiger partial charge in [-0.3, -0.25) is 0 Å². The summed E-state index contributed by atoms with van der Waals surface area (Å²) in [6.45, 7) is 0. The van der Waals surface area contributed by atoms with Gasteiger partial charge in [-0.05, 0) is 48.6 Å². The van der Waals surface area contributed by atoms with Crippen LogP contribution in [-0.2, 0) is 0 Å². The van der Waals surface area contributed by atoms with Crippen LogP contribution in [0.5, 0.6) is 0 Å². The van der Waals surface area contributed by atoms with Crippen molar-refractivity contribution in [2.24, 2.45) is 0 Å². The molecule has 2 aromatic carbocycles. The molecule has 21 heavy (non-hydrogen) atoms. The molecule has 0 saturated heterocycles. The summed E-state index contributed by atoms with van der Waals surface area (Å²) in [5.41, 5.74) is 1.95. The first-order valence-electron chi connectivity index (χ1n) is 6.88. The smallest absolute Gasteiger partial charge is 0.143 e. The van der Waals surface area contributed by atoms with E-state index in [0.717, 1.165) is 17.9 Å². The highest BCUT2D eigenvalue weighted by Gasteiger charge is 2.30. The first kappa shape index (κ1) is 13.9. The summed E-state index contributed by atoms with van der Waals surface area (Å²) in [5, 5.41) is 13.0. The molecule has 1 aliphatic carbocycles. The molecule has 3 rings (SSSR count). The number of benzene rings is 2. The van der Waals surface area contributed by atoms with Crippen LogP contribution < -0.4 is 5.32 Å².